The first-order valence-electron chi connectivity index (χ1n) is 7.10. The van der Waals surface area contributed by atoms with Gasteiger partial charge in [0.15, 0.2) is 0 Å². The van der Waals surface area contributed by atoms with E-state index in [-0.39, 0.29) is 0 Å². The van der Waals surface area contributed by atoms with Crippen LogP contribution >= 0.6 is 0 Å². The summed E-state index contributed by atoms with van der Waals surface area (Å²) in [6, 6.07) is 0. The second kappa shape index (κ2) is 6.69. The molecular formula is C14H24N4. The van der Waals surface area contributed by atoms with Crippen molar-refractivity contribution in [1.82, 2.24) is 15.3 Å². The van der Waals surface area contributed by atoms with E-state index >= 15 is 0 Å². The van der Waals surface area contributed by atoms with Crippen molar-refractivity contribution >= 4 is 5.95 Å². The van der Waals surface area contributed by atoms with Gasteiger partial charge in [0.1, 0.15) is 0 Å². The van der Waals surface area contributed by atoms with Crippen LogP contribution in [0.3, 0.4) is 0 Å². The number of nitrogens with one attached hydrogen (secondary N) is 1. The molecule has 1 N–H and O–H groups in total. The molecule has 4 nitrogen and oxygen atoms in total. The van der Waals surface area contributed by atoms with Crippen LogP contribution < -0.4 is 10.2 Å². The van der Waals surface area contributed by atoms with Crippen molar-refractivity contribution in [3.63, 3.8) is 0 Å². The Morgan fingerprint density at radius 2 is 2.11 bits per heavy atom. The maximum Gasteiger partial charge on any atom is 0.225 e. The maximum atomic E-state index is 4.48. The van der Waals surface area contributed by atoms with Gasteiger partial charge in [0.2, 0.25) is 5.95 Å². The predicted molar refractivity (Wildman–Crippen MR) is 74.6 cm³/mol. The van der Waals surface area contributed by atoms with Gasteiger partial charge >= 0.3 is 0 Å². The Morgan fingerprint density at radius 1 is 1.33 bits per heavy atom. The van der Waals surface area contributed by atoms with E-state index in [1.54, 1.807) is 0 Å². The molecule has 1 unspecified atom stereocenters. The van der Waals surface area contributed by atoms with E-state index in [9.17, 15) is 0 Å². The summed E-state index contributed by atoms with van der Waals surface area (Å²) in [7, 11) is 0. The quantitative estimate of drug-likeness (QED) is 0.838. The molecule has 1 saturated heterocycles. The van der Waals surface area contributed by atoms with Crippen LogP contribution in [0.15, 0.2) is 12.4 Å². The first-order valence-corrected chi connectivity index (χ1v) is 7.10. The molecule has 0 aliphatic carbocycles. The Hall–Kier alpha value is -1.16. The summed E-state index contributed by atoms with van der Waals surface area (Å²) >= 11 is 0. The molecule has 0 bridgehead atoms. The first-order chi connectivity index (χ1) is 8.83. The molecule has 100 valence electrons. The lowest BCUT2D eigenvalue weighted by molar-refractivity contribution is 0.529. The molecule has 18 heavy (non-hydrogen) atoms. The van der Waals surface area contributed by atoms with Crippen LogP contribution in [0.4, 0.5) is 5.95 Å². The van der Waals surface area contributed by atoms with Gasteiger partial charge in [0.25, 0.3) is 0 Å². The molecule has 0 saturated carbocycles. The average molecular weight is 248 g/mol. The molecule has 1 aromatic rings. The number of rotatable bonds is 6. The van der Waals surface area contributed by atoms with Gasteiger partial charge in [0, 0.05) is 37.6 Å². The van der Waals surface area contributed by atoms with Gasteiger partial charge in [0.05, 0.1) is 0 Å². The van der Waals surface area contributed by atoms with Crippen molar-refractivity contribution < 1.29 is 0 Å². The summed E-state index contributed by atoms with van der Waals surface area (Å²) in [5.74, 6) is 1.73. The molecule has 1 fully saturated rings. The third-order valence-corrected chi connectivity index (χ3v) is 3.54. The van der Waals surface area contributed by atoms with Crippen LogP contribution in [-0.2, 0) is 6.54 Å². The fraction of sp³-hybridized carbons (Fsp3) is 0.714. The van der Waals surface area contributed by atoms with Gasteiger partial charge in [-0.15, -0.1) is 0 Å². The minimum absolute atomic E-state index is 0.833. The van der Waals surface area contributed by atoms with Crippen LogP contribution in [0.1, 0.15) is 38.7 Å². The highest BCUT2D eigenvalue weighted by molar-refractivity contribution is 5.31. The van der Waals surface area contributed by atoms with Crippen molar-refractivity contribution in [2.24, 2.45) is 5.92 Å². The lowest BCUT2D eigenvalue weighted by Crippen LogP contribution is -2.22. The van der Waals surface area contributed by atoms with E-state index in [2.05, 4.69) is 34.0 Å². The predicted octanol–water partition coefficient (Wildman–Crippen LogP) is 2.21. The lowest BCUT2D eigenvalue weighted by atomic mass is 10.0. The van der Waals surface area contributed by atoms with Crippen molar-refractivity contribution in [2.75, 3.05) is 24.5 Å². The van der Waals surface area contributed by atoms with E-state index in [1.165, 1.54) is 19.3 Å². The van der Waals surface area contributed by atoms with Gasteiger partial charge in [-0.05, 0) is 25.3 Å². The average Bonchev–Trinajstić information content (AvgIpc) is 2.86. The number of aromatic nitrogens is 2. The summed E-state index contributed by atoms with van der Waals surface area (Å²) in [6.45, 7) is 8.43. The molecule has 0 amide bonds. The van der Waals surface area contributed by atoms with Gasteiger partial charge in [-0.1, -0.05) is 20.3 Å². The van der Waals surface area contributed by atoms with Crippen molar-refractivity contribution in [3.05, 3.63) is 18.0 Å². The zero-order chi connectivity index (χ0) is 12.8. The molecular weight excluding hydrogens is 224 g/mol. The third-order valence-electron chi connectivity index (χ3n) is 3.54. The van der Waals surface area contributed by atoms with E-state index in [0.29, 0.717) is 0 Å². The molecule has 1 aliphatic heterocycles. The van der Waals surface area contributed by atoms with Gasteiger partial charge in [-0.25, -0.2) is 9.97 Å². The SMILES string of the molecule is CCCC1CCN(c2ncc(CNCC)cn2)C1. The number of hydrogen-bond acceptors (Lipinski definition) is 4. The number of nitrogens with zero attached hydrogens (tertiary/aromatic N) is 3. The first kappa shape index (κ1) is 13.3. The van der Waals surface area contributed by atoms with Crippen LogP contribution in [0.2, 0.25) is 0 Å². The van der Waals surface area contributed by atoms with E-state index < -0.39 is 0 Å². The molecule has 4 heteroatoms. The van der Waals surface area contributed by atoms with E-state index in [4.69, 9.17) is 0 Å². The zero-order valence-corrected chi connectivity index (χ0v) is 11.5. The molecule has 2 heterocycles. The highest BCUT2D eigenvalue weighted by atomic mass is 15.3. The summed E-state index contributed by atoms with van der Waals surface area (Å²) in [6.07, 6.45) is 7.78. The highest BCUT2D eigenvalue weighted by Gasteiger charge is 2.23. The summed E-state index contributed by atoms with van der Waals surface area (Å²) < 4.78 is 0. The van der Waals surface area contributed by atoms with Gasteiger partial charge in [-0.3, -0.25) is 0 Å². The fourth-order valence-corrected chi connectivity index (χ4v) is 2.53. The van der Waals surface area contributed by atoms with Gasteiger partial charge in [-0.2, -0.15) is 0 Å². The monoisotopic (exact) mass is 248 g/mol. The lowest BCUT2D eigenvalue weighted by Gasteiger charge is -2.16. The molecule has 2 rings (SSSR count). The molecule has 1 aromatic heterocycles. The van der Waals surface area contributed by atoms with Crippen LogP contribution in [0, 0.1) is 5.92 Å². The van der Waals surface area contributed by atoms with E-state index in [0.717, 1.165) is 43.6 Å². The Morgan fingerprint density at radius 3 is 2.78 bits per heavy atom. The van der Waals surface area contributed by atoms with Crippen LogP contribution in [0.5, 0.6) is 0 Å². The second-order valence-electron chi connectivity index (χ2n) is 5.06. The molecule has 0 spiro atoms. The Bertz CT molecular complexity index is 349. The minimum Gasteiger partial charge on any atom is -0.341 e. The topological polar surface area (TPSA) is 41.1 Å². The smallest absolute Gasteiger partial charge is 0.225 e. The van der Waals surface area contributed by atoms with Crippen LogP contribution in [0.25, 0.3) is 0 Å². The number of hydrogen-bond donors (Lipinski definition) is 1. The fourth-order valence-electron chi connectivity index (χ4n) is 2.53. The van der Waals surface area contributed by atoms with Gasteiger partial charge < -0.3 is 10.2 Å². The molecule has 1 aliphatic rings. The molecule has 0 aromatic carbocycles. The second-order valence-corrected chi connectivity index (χ2v) is 5.06. The van der Waals surface area contributed by atoms with E-state index in [1.807, 2.05) is 12.4 Å². The Balaban J connectivity index is 1.90. The molecule has 1 atom stereocenters. The van der Waals surface area contributed by atoms with Crippen LogP contribution in [-0.4, -0.2) is 29.6 Å². The Labute approximate surface area is 110 Å². The maximum absolute atomic E-state index is 4.48. The van der Waals surface area contributed by atoms with Crippen molar-refractivity contribution in [2.45, 2.75) is 39.7 Å². The normalized spacial score (nSPS) is 19.4. The largest absolute Gasteiger partial charge is 0.341 e. The standard InChI is InChI=1S/C14H24N4/c1-3-5-12-6-7-18(11-12)14-16-9-13(10-17-14)8-15-4-2/h9-10,12,15H,3-8,11H2,1-2H3. The third kappa shape index (κ3) is 3.42. The zero-order valence-electron chi connectivity index (χ0n) is 11.5. The molecule has 0 radical (unpaired) electrons. The van der Waals surface area contributed by atoms with Crippen molar-refractivity contribution in [3.8, 4) is 0 Å². The highest BCUT2D eigenvalue weighted by Crippen LogP contribution is 2.23. The Kier molecular flexibility index (Phi) is 4.93. The summed E-state index contributed by atoms with van der Waals surface area (Å²) in [5.41, 5.74) is 1.16. The minimum atomic E-state index is 0.833. The number of anilines is 1. The summed E-state index contributed by atoms with van der Waals surface area (Å²) in [5, 5.41) is 3.28. The van der Waals surface area contributed by atoms with Crippen molar-refractivity contribution in [1.29, 1.82) is 0 Å². The summed E-state index contributed by atoms with van der Waals surface area (Å²) in [4.78, 5) is 11.3.